The first-order valence-corrected chi connectivity index (χ1v) is 6.10. The first-order chi connectivity index (χ1) is 6.76. The lowest BCUT2D eigenvalue weighted by molar-refractivity contribution is 0.427. The van der Waals surface area contributed by atoms with Crippen LogP contribution in [0.4, 0.5) is 4.39 Å². The maximum absolute atomic E-state index is 13.7. The Bertz CT molecular complexity index is 464. The Labute approximate surface area is 89.9 Å². The van der Waals surface area contributed by atoms with Gasteiger partial charge in [0.15, 0.2) is 5.06 Å². The summed E-state index contributed by atoms with van der Waals surface area (Å²) in [5, 5.41) is 1.40. The van der Waals surface area contributed by atoms with Crippen molar-refractivity contribution in [3.8, 4) is 5.06 Å². The van der Waals surface area contributed by atoms with E-state index in [0.29, 0.717) is 10.3 Å². The highest BCUT2D eigenvalue weighted by atomic mass is 32.2. The molecule has 1 aromatic heterocycles. The quantitative estimate of drug-likeness (QED) is 0.724. The number of fused-ring (bicyclic) bond motifs is 1. The Morgan fingerprint density at radius 2 is 2.21 bits per heavy atom. The summed E-state index contributed by atoms with van der Waals surface area (Å²) in [6.07, 6.45) is 1.87. The predicted octanol–water partition coefficient (Wildman–Crippen LogP) is 3.77. The summed E-state index contributed by atoms with van der Waals surface area (Å²) in [5.41, 5.74) is 0. The predicted molar refractivity (Wildman–Crippen MR) is 60.1 cm³/mol. The molecule has 0 saturated heterocycles. The zero-order valence-corrected chi connectivity index (χ0v) is 9.47. The van der Waals surface area contributed by atoms with Gasteiger partial charge < -0.3 is 4.74 Å². The fourth-order valence-corrected chi connectivity index (χ4v) is 2.66. The monoisotopic (exact) mass is 228 g/mol. The molecule has 0 spiro atoms. The molecule has 0 saturated carbocycles. The van der Waals surface area contributed by atoms with Crippen LogP contribution < -0.4 is 4.74 Å². The lowest BCUT2D eigenvalue weighted by atomic mass is 10.2. The molecule has 0 bridgehead atoms. The van der Waals surface area contributed by atoms with Crippen LogP contribution in [0.2, 0.25) is 0 Å². The number of ether oxygens (including phenoxy) is 1. The molecule has 0 N–H and O–H groups in total. The highest BCUT2D eigenvalue weighted by Gasteiger charge is 2.10. The normalized spacial score (nSPS) is 10.8. The molecule has 2 rings (SSSR count). The molecule has 0 radical (unpaired) electrons. The van der Waals surface area contributed by atoms with Crippen LogP contribution in [0.15, 0.2) is 23.1 Å². The van der Waals surface area contributed by atoms with E-state index in [9.17, 15) is 4.39 Å². The van der Waals surface area contributed by atoms with Crippen LogP contribution in [0.1, 0.15) is 0 Å². The lowest BCUT2D eigenvalue weighted by Crippen LogP contribution is -1.79. The number of thioether (sulfide) groups is 1. The molecule has 1 aromatic carbocycles. The van der Waals surface area contributed by atoms with E-state index in [2.05, 4.69) is 0 Å². The second kappa shape index (κ2) is 3.79. The number of hydrogen-bond donors (Lipinski definition) is 0. The molecule has 2 aromatic rings. The van der Waals surface area contributed by atoms with E-state index in [1.54, 1.807) is 19.2 Å². The number of benzene rings is 1. The van der Waals surface area contributed by atoms with Crippen LogP contribution in [-0.4, -0.2) is 13.4 Å². The Balaban J connectivity index is 2.68. The van der Waals surface area contributed by atoms with Gasteiger partial charge in [-0.25, -0.2) is 4.39 Å². The maximum atomic E-state index is 13.7. The molecule has 0 aliphatic rings. The van der Waals surface area contributed by atoms with E-state index < -0.39 is 0 Å². The van der Waals surface area contributed by atoms with Crippen LogP contribution in [0, 0.1) is 5.82 Å². The van der Waals surface area contributed by atoms with Gasteiger partial charge in [0.2, 0.25) is 0 Å². The Morgan fingerprint density at radius 3 is 2.86 bits per heavy atom. The number of methoxy groups -OCH3 is 1. The van der Waals surface area contributed by atoms with E-state index in [1.807, 2.05) is 12.3 Å². The van der Waals surface area contributed by atoms with Crippen LogP contribution in [0.3, 0.4) is 0 Å². The first kappa shape index (κ1) is 9.80. The van der Waals surface area contributed by atoms with Crippen molar-refractivity contribution in [3.05, 3.63) is 24.0 Å². The molecular formula is C10H9FOS2. The molecular weight excluding hydrogens is 219 g/mol. The molecule has 74 valence electrons. The van der Waals surface area contributed by atoms with Crippen molar-refractivity contribution in [3.63, 3.8) is 0 Å². The smallest absolute Gasteiger partial charge is 0.174 e. The minimum Gasteiger partial charge on any atom is -0.487 e. The average molecular weight is 228 g/mol. The van der Waals surface area contributed by atoms with E-state index in [0.717, 1.165) is 9.76 Å². The van der Waals surface area contributed by atoms with Gasteiger partial charge in [-0.15, -0.1) is 11.8 Å². The van der Waals surface area contributed by atoms with Gasteiger partial charge in [0.1, 0.15) is 5.82 Å². The van der Waals surface area contributed by atoms with E-state index >= 15 is 0 Å². The van der Waals surface area contributed by atoms with Gasteiger partial charge in [-0.05, 0) is 18.4 Å². The molecule has 1 nitrogen and oxygen atoms in total. The first-order valence-electron chi connectivity index (χ1n) is 4.06. The molecule has 4 heteroatoms. The second-order valence-electron chi connectivity index (χ2n) is 2.76. The zero-order chi connectivity index (χ0) is 10.1. The maximum Gasteiger partial charge on any atom is 0.174 e. The van der Waals surface area contributed by atoms with E-state index in [-0.39, 0.29) is 5.82 Å². The van der Waals surface area contributed by atoms with Gasteiger partial charge in [-0.2, -0.15) is 0 Å². The second-order valence-corrected chi connectivity index (χ2v) is 4.66. The SMILES string of the molecule is COc1cc2c(F)c(SC)ccc2s1. The highest BCUT2D eigenvalue weighted by Crippen LogP contribution is 2.36. The third-order valence-corrected chi connectivity index (χ3v) is 3.81. The summed E-state index contributed by atoms with van der Waals surface area (Å²) in [4.78, 5) is 0.679. The summed E-state index contributed by atoms with van der Waals surface area (Å²) in [6, 6.07) is 5.48. The standard InChI is InChI=1S/C10H9FOS2/c1-12-9-5-6-7(14-9)3-4-8(13-2)10(6)11/h3-5H,1-2H3. The molecule has 0 unspecified atom stereocenters. The van der Waals surface area contributed by atoms with E-state index in [4.69, 9.17) is 4.74 Å². The molecule has 14 heavy (non-hydrogen) atoms. The number of hydrogen-bond acceptors (Lipinski definition) is 3. The lowest BCUT2D eigenvalue weighted by Gasteiger charge is -1.98. The van der Waals surface area contributed by atoms with Gasteiger partial charge in [-0.3, -0.25) is 0 Å². The van der Waals surface area contributed by atoms with Gasteiger partial charge in [-0.1, -0.05) is 11.3 Å². The molecule has 0 atom stereocenters. The van der Waals surface area contributed by atoms with Gasteiger partial charge in [0.25, 0.3) is 0 Å². The summed E-state index contributed by atoms with van der Waals surface area (Å²) >= 11 is 2.88. The summed E-state index contributed by atoms with van der Waals surface area (Å²) in [6.45, 7) is 0. The molecule has 1 heterocycles. The fraction of sp³-hybridized carbons (Fsp3) is 0.200. The van der Waals surface area contributed by atoms with Crippen molar-refractivity contribution in [2.45, 2.75) is 4.90 Å². The zero-order valence-electron chi connectivity index (χ0n) is 7.83. The number of halogens is 1. The van der Waals surface area contributed by atoms with Crippen molar-refractivity contribution in [1.82, 2.24) is 0 Å². The van der Waals surface area contributed by atoms with Gasteiger partial charge >= 0.3 is 0 Å². The van der Waals surface area contributed by atoms with Crippen molar-refractivity contribution >= 4 is 33.2 Å². The average Bonchev–Trinajstić information content (AvgIpc) is 2.62. The highest BCUT2D eigenvalue weighted by molar-refractivity contribution is 7.98. The van der Waals surface area contributed by atoms with Crippen LogP contribution in [0.5, 0.6) is 5.06 Å². The molecule has 0 aliphatic carbocycles. The van der Waals surface area contributed by atoms with Crippen LogP contribution >= 0.6 is 23.1 Å². The summed E-state index contributed by atoms with van der Waals surface area (Å²) < 4.78 is 19.8. The van der Waals surface area contributed by atoms with Crippen LogP contribution in [0.25, 0.3) is 10.1 Å². The Hall–Kier alpha value is -0.740. The number of thiophene rings is 1. The van der Waals surface area contributed by atoms with Crippen molar-refractivity contribution < 1.29 is 9.13 Å². The van der Waals surface area contributed by atoms with Crippen molar-refractivity contribution in [1.29, 1.82) is 0 Å². The topological polar surface area (TPSA) is 9.23 Å². The summed E-state index contributed by atoms with van der Waals surface area (Å²) in [5.74, 6) is -0.144. The third-order valence-electron chi connectivity index (χ3n) is 2.00. The molecule has 0 fully saturated rings. The minimum atomic E-state index is -0.144. The Morgan fingerprint density at radius 1 is 1.43 bits per heavy atom. The molecule has 0 aliphatic heterocycles. The van der Waals surface area contributed by atoms with Gasteiger partial charge in [0.05, 0.1) is 7.11 Å². The third kappa shape index (κ3) is 1.48. The van der Waals surface area contributed by atoms with E-state index in [1.165, 1.54) is 23.1 Å². The molecule has 0 amide bonds. The largest absolute Gasteiger partial charge is 0.487 e. The fourth-order valence-electron chi connectivity index (χ4n) is 1.29. The minimum absolute atomic E-state index is 0.144. The van der Waals surface area contributed by atoms with Crippen LogP contribution in [-0.2, 0) is 0 Å². The Kier molecular flexibility index (Phi) is 2.65. The number of rotatable bonds is 2. The summed E-state index contributed by atoms with van der Waals surface area (Å²) in [7, 11) is 1.60. The van der Waals surface area contributed by atoms with Crippen molar-refractivity contribution in [2.24, 2.45) is 0 Å². The van der Waals surface area contributed by atoms with Gasteiger partial charge in [0, 0.05) is 21.0 Å². The van der Waals surface area contributed by atoms with Crippen molar-refractivity contribution in [2.75, 3.05) is 13.4 Å².